The lowest BCUT2D eigenvalue weighted by molar-refractivity contribution is 0.0792. The molecule has 6 heteroatoms. The van der Waals surface area contributed by atoms with Crippen molar-refractivity contribution in [3.8, 4) is 5.88 Å². The predicted octanol–water partition coefficient (Wildman–Crippen LogP) is 3.55. The Morgan fingerprint density at radius 1 is 1.00 bits per heavy atom. The fraction of sp³-hybridized carbons (Fsp3) is 0.308. The van der Waals surface area contributed by atoms with Gasteiger partial charge in [-0.2, -0.15) is 0 Å². The molecular weight excluding hydrogens is 402 g/mol. The van der Waals surface area contributed by atoms with Gasteiger partial charge in [0.2, 0.25) is 5.88 Å². The molecule has 0 unspecified atom stereocenters. The zero-order chi connectivity index (χ0) is 22.2. The van der Waals surface area contributed by atoms with E-state index in [0.717, 1.165) is 43.6 Å². The van der Waals surface area contributed by atoms with Gasteiger partial charge in [0.05, 0.1) is 6.10 Å². The first kappa shape index (κ1) is 22.0. The van der Waals surface area contributed by atoms with E-state index in [2.05, 4.69) is 39.5 Å². The topological polar surface area (TPSA) is 74.7 Å². The molecule has 0 atom stereocenters. The largest absolute Gasteiger partial charge is 0.473 e. The van der Waals surface area contributed by atoms with Crippen molar-refractivity contribution in [3.05, 3.63) is 95.2 Å². The molecule has 4 rings (SSSR count). The average Bonchev–Trinajstić information content (AvgIpc) is 2.84. The number of benzene rings is 2. The summed E-state index contributed by atoms with van der Waals surface area (Å²) in [5, 5.41) is 12.6. The molecule has 166 valence electrons. The van der Waals surface area contributed by atoms with E-state index in [1.807, 2.05) is 30.3 Å². The summed E-state index contributed by atoms with van der Waals surface area (Å²) in [6, 6.07) is 21.5. The third kappa shape index (κ3) is 6.39. The third-order valence-corrected chi connectivity index (χ3v) is 5.67. The number of ether oxygens (including phenoxy) is 1. The molecule has 1 aliphatic rings. The number of carbonyl (C=O) groups is 1. The molecule has 1 aromatic heterocycles. The van der Waals surface area contributed by atoms with Crippen molar-refractivity contribution in [2.45, 2.75) is 38.6 Å². The van der Waals surface area contributed by atoms with E-state index in [-0.39, 0.29) is 12.0 Å². The molecular formula is C26H29N3O3. The van der Waals surface area contributed by atoms with Crippen LogP contribution in [0.5, 0.6) is 5.88 Å². The highest BCUT2D eigenvalue weighted by atomic mass is 16.5. The van der Waals surface area contributed by atoms with Gasteiger partial charge in [0.15, 0.2) is 0 Å². The number of aliphatic hydroxyl groups excluding tert-OH is 1. The van der Waals surface area contributed by atoms with Crippen molar-refractivity contribution in [3.63, 3.8) is 0 Å². The lowest BCUT2D eigenvalue weighted by Gasteiger charge is -2.29. The summed E-state index contributed by atoms with van der Waals surface area (Å²) in [7, 11) is 0. The van der Waals surface area contributed by atoms with Crippen molar-refractivity contribution < 1.29 is 14.6 Å². The van der Waals surface area contributed by atoms with E-state index in [9.17, 15) is 9.90 Å². The fourth-order valence-electron chi connectivity index (χ4n) is 3.74. The molecule has 2 aromatic carbocycles. The Kier molecular flexibility index (Phi) is 7.48. The van der Waals surface area contributed by atoms with Crippen LogP contribution in [0.2, 0.25) is 0 Å². The second-order valence-electron chi connectivity index (χ2n) is 8.16. The molecule has 1 fully saturated rings. The maximum absolute atomic E-state index is 12.6. The molecule has 0 aliphatic carbocycles. The van der Waals surface area contributed by atoms with E-state index >= 15 is 0 Å². The van der Waals surface area contributed by atoms with Gasteiger partial charge < -0.3 is 15.2 Å². The van der Waals surface area contributed by atoms with Gasteiger partial charge in [-0.05, 0) is 35.6 Å². The number of nitrogens with one attached hydrogen (secondary N) is 1. The summed E-state index contributed by atoms with van der Waals surface area (Å²) < 4.78 is 5.72. The van der Waals surface area contributed by atoms with Crippen LogP contribution < -0.4 is 10.1 Å². The molecule has 1 saturated heterocycles. The normalized spacial score (nSPS) is 14.8. The molecule has 1 amide bonds. The number of rotatable bonds is 8. The summed E-state index contributed by atoms with van der Waals surface area (Å²) in [5.41, 5.74) is 3.86. The number of piperidine rings is 1. The van der Waals surface area contributed by atoms with Gasteiger partial charge in [0, 0.05) is 44.0 Å². The summed E-state index contributed by atoms with van der Waals surface area (Å²) >= 11 is 0. The number of aliphatic hydroxyl groups is 1. The molecule has 32 heavy (non-hydrogen) atoms. The minimum atomic E-state index is -0.159. The van der Waals surface area contributed by atoms with Crippen LogP contribution in [0.3, 0.4) is 0 Å². The Morgan fingerprint density at radius 3 is 2.47 bits per heavy atom. The van der Waals surface area contributed by atoms with Crippen LogP contribution in [-0.4, -0.2) is 40.1 Å². The second-order valence-corrected chi connectivity index (χ2v) is 8.16. The number of aromatic nitrogens is 1. The van der Waals surface area contributed by atoms with Gasteiger partial charge >= 0.3 is 0 Å². The maximum Gasteiger partial charge on any atom is 0.251 e. The van der Waals surface area contributed by atoms with Crippen molar-refractivity contribution in [1.82, 2.24) is 15.2 Å². The lowest BCUT2D eigenvalue weighted by atomic mass is 10.1. The molecule has 3 aromatic rings. The smallest absolute Gasteiger partial charge is 0.251 e. The Balaban J connectivity index is 1.26. The van der Waals surface area contributed by atoms with Crippen LogP contribution in [-0.2, 0) is 19.7 Å². The van der Waals surface area contributed by atoms with E-state index < -0.39 is 0 Å². The van der Waals surface area contributed by atoms with Crippen LogP contribution in [0, 0.1) is 0 Å². The highest BCUT2D eigenvalue weighted by Gasteiger charge is 2.16. The quantitative estimate of drug-likeness (QED) is 0.571. The highest BCUT2D eigenvalue weighted by molar-refractivity contribution is 5.94. The molecule has 0 bridgehead atoms. The monoisotopic (exact) mass is 431 g/mol. The minimum absolute atomic E-state index is 0.149. The number of hydrogen-bond acceptors (Lipinski definition) is 5. The molecule has 2 heterocycles. The van der Waals surface area contributed by atoms with Crippen molar-refractivity contribution >= 4 is 5.91 Å². The Morgan fingerprint density at radius 2 is 1.72 bits per heavy atom. The Bertz CT molecular complexity index is 1000. The van der Waals surface area contributed by atoms with E-state index in [4.69, 9.17) is 4.74 Å². The zero-order valence-electron chi connectivity index (χ0n) is 18.1. The number of carbonyl (C=O) groups excluding carboxylic acids is 1. The maximum atomic E-state index is 12.6. The fourth-order valence-corrected chi connectivity index (χ4v) is 3.74. The zero-order valence-corrected chi connectivity index (χ0v) is 18.1. The first-order valence-electron chi connectivity index (χ1n) is 11.0. The van der Waals surface area contributed by atoms with Crippen molar-refractivity contribution in [1.29, 1.82) is 0 Å². The number of hydrogen-bond donors (Lipinski definition) is 2. The van der Waals surface area contributed by atoms with Crippen molar-refractivity contribution in [2.75, 3.05) is 13.1 Å². The summed E-state index contributed by atoms with van der Waals surface area (Å²) in [4.78, 5) is 19.1. The van der Waals surface area contributed by atoms with E-state index in [1.165, 1.54) is 5.56 Å². The summed E-state index contributed by atoms with van der Waals surface area (Å²) in [6.07, 6.45) is 3.13. The Labute approximate surface area is 188 Å². The molecule has 0 spiro atoms. The first-order chi connectivity index (χ1) is 15.7. The Hall–Kier alpha value is -3.22. The van der Waals surface area contributed by atoms with Gasteiger partial charge in [0.25, 0.3) is 5.91 Å². The predicted molar refractivity (Wildman–Crippen MR) is 123 cm³/mol. The molecule has 6 nitrogen and oxygen atoms in total. The molecule has 0 radical (unpaired) electrons. The van der Waals surface area contributed by atoms with Gasteiger partial charge in [0.1, 0.15) is 6.61 Å². The average molecular weight is 432 g/mol. The summed E-state index contributed by atoms with van der Waals surface area (Å²) in [5.74, 6) is 0.268. The van der Waals surface area contributed by atoms with Crippen molar-refractivity contribution in [2.24, 2.45) is 0 Å². The minimum Gasteiger partial charge on any atom is -0.473 e. The first-order valence-corrected chi connectivity index (χ1v) is 11.0. The van der Waals surface area contributed by atoms with Gasteiger partial charge in [-0.3, -0.25) is 9.69 Å². The second kappa shape index (κ2) is 10.9. The third-order valence-electron chi connectivity index (χ3n) is 5.67. The number of nitrogens with zero attached hydrogens (tertiary/aromatic N) is 2. The molecule has 2 N–H and O–H groups in total. The summed E-state index contributed by atoms with van der Waals surface area (Å²) in [6.45, 7) is 3.62. The van der Waals surface area contributed by atoms with Crippen LogP contribution in [0.15, 0.2) is 72.9 Å². The molecule has 1 aliphatic heterocycles. The van der Waals surface area contributed by atoms with Gasteiger partial charge in [-0.25, -0.2) is 4.98 Å². The van der Waals surface area contributed by atoms with Crippen LogP contribution in [0.25, 0.3) is 0 Å². The number of amides is 1. The van der Waals surface area contributed by atoms with Crippen LogP contribution >= 0.6 is 0 Å². The SMILES string of the molecule is O=C(NCc1ccc(CN2CCC(O)CC2)cc1)c1ccnc(OCc2ccccc2)c1. The van der Waals surface area contributed by atoms with Gasteiger partial charge in [-0.15, -0.1) is 0 Å². The molecule has 0 saturated carbocycles. The number of likely N-dealkylation sites (tertiary alicyclic amines) is 1. The van der Waals surface area contributed by atoms with Gasteiger partial charge in [-0.1, -0.05) is 54.6 Å². The highest BCUT2D eigenvalue weighted by Crippen LogP contribution is 2.15. The van der Waals surface area contributed by atoms with Crippen LogP contribution in [0.1, 0.15) is 39.9 Å². The van der Waals surface area contributed by atoms with Crippen LogP contribution in [0.4, 0.5) is 0 Å². The van der Waals surface area contributed by atoms with E-state index in [1.54, 1.807) is 18.3 Å². The lowest BCUT2D eigenvalue weighted by Crippen LogP contribution is -2.35. The van der Waals surface area contributed by atoms with E-state index in [0.29, 0.717) is 24.6 Å². The number of pyridine rings is 1. The standard InChI is InChI=1S/C26H29N3O3/c30-24-11-14-29(15-12-24)18-21-8-6-20(7-9-21)17-28-26(31)23-10-13-27-25(16-23)32-19-22-4-2-1-3-5-22/h1-10,13,16,24,30H,11-12,14-15,17-19H2,(H,28,31).